The van der Waals surface area contributed by atoms with E-state index in [2.05, 4.69) is 49.0 Å². The molecule has 1 rings (SSSR count). The van der Waals surface area contributed by atoms with Crippen LogP contribution in [0.2, 0.25) is 0 Å². The molecule has 0 aliphatic carbocycles. The number of nitrogens with zero attached hydrogens (tertiary/aromatic N) is 2. The van der Waals surface area contributed by atoms with Gasteiger partial charge in [0.25, 0.3) is 0 Å². The minimum Gasteiger partial charge on any atom is -0.160 e. The van der Waals surface area contributed by atoms with Crippen LogP contribution in [-0.4, -0.2) is 18.5 Å². The van der Waals surface area contributed by atoms with Gasteiger partial charge in [0.05, 0.1) is 0 Å². The van der Waals surface area contributed by atoms with Gasteiger partial charge in [-0.25, -0.2) is 0 Å². The molecular formula is C8H18N2S2. The molecule has 0 spiro atoms. The predicted molar refractivity (Wildman–Crippen MR) is 58.4 cm³/mol. The predicted octanol–water partition coefficient (Wildman–Crippen LogP) is 3.33. The average Bonchev–Trinajstić information content (AvgIpc) is 1.46. The first-order valence-corrected chi connectivity index (χ1v) is 5.64. The van der Waals surface area contributed by atoms with Crippen LogP contribution in [0.25, 0.3) is 0 Å². The number of hydrogen-bond donors (Lipinski definition) is 0. The summed E-state index contributed by atoms with van der Waals surface area (Å²) >= 11 is 3.63. The first kappa shape index (κ1) is 10.7. The molecule has 0 bridgehead atoms. The van der Waals surface area contributed by atoms with Crippen molar-refractivity contribution >= 4 is 24.3 Å². The summed E-state index contributed by atoms with van der Waals surface area (Å²) in [5.41, 5.74) is 0.522. The van der Waals surface area contributed by atoms with Crippen molar-refractivity contribution in [3.63, 3.8) is 0 Å². The van der Waals surface area contributed by atoms with Crippen LogP contribution in [0, 0.1) is 0 Å². The molecule has 0 aromatic rings. The Bertz CT molecular complexity index is 145. The lowest BCUT2D eigenvalue weighted by Crippen LogP contribution is -2.48. The average molecular weight is 206 g/mol. The summed E-state index contributed by atoms with van der Waals surface area (Å²) in [5, 5.41) is 0. The van der Waals surface area contributed by atoms with Crippen molar-refractivity contribution in [1.82, 2.24) is 7.42 Å². The van der Waals surface area contributed by atoms with Crippen LogP contribution >= 0.6 is 24.3 Å². The zero-order valence-electron chi connectivity index (χ0n) is 8.71. The summed E-state index contributed by atoms with van der Waals surface area (Å²) in [6.45, 7) is 13.4. The van der Waals surface area contributed by atoms with Crippen molar-refractivity contribution in [2.45, 2.75) is 52.6 Å². The highest BCUT2D eigenvalue weighted by Gasteiger charge is 2.41. The van der Waals surface area contributed by atoms with E-state index in [9.17, 15) is 0 Å². The Balaban J connectivity index is 2.39. The van der Waals surface area contributed by atoms with Crippen LogP contribution in [0.15, 0.2) is 0 Å². The molecule has 0 amide bonds. The van der Waals surface area contributed by atoms with Crippen molar-refractivity contribution in [3.8, 4) is 0 Å². The second-order valence-electron chi connectivity index (χ2n) is 5.02. The molecule has 1 aliphatic heterocycles. The Hall–Kier alpha value is 0.620. The van der Waals surface area contributed by atoms with E-state index in [1.54, 1.807) is 0 Å². The molecule has 4 heteroatoms. The van der Waals surface area contributed by atoms with Crippen molar-refractivity contribution in [1.29, 1.82) is 0 Å². The van der Waals surface area contributed by atoms with Crippen LogP contribution in [0.4, 0.5) is 0 Å². The summed E-state index contributed by atoms with van der Waals surface area (Å²) in [6, 6.07) is 0. The molecule has 0 N–H and O–H groups in total. The van der Waals surface area contributed by atoms with Crippen molar-refractivity contribution in [3.05, 3.63) is 0 Å². The standard InChI is InChI=1S/C8H18N2S2/c1-7(2,3)9-11-10(12-9)8(4,5)6/h1-6H3. The molecule has 0 radical (unpaired) electrons. The summed E-state index contributed by atoms with van der Waals surface area (Å²) in [7, 11) is 0. The Morgan fingerprint density at radius 2 is 0.917 bits per heavy atom. The third kappa shape index (κ3) is 2.31. The van der Waals surface area contributed by atoms with Gasteiger partial charge >= 0.3 is 0 Å². The summed E-state index contributed by atoms with van der Waals surface area (Å²) < 4.78 is 4.64. The Morgan fingerprint density at radius 1 is 0.667 bits per heavy atom. The van der Waals surface area contributed by atoms with Crippen molar-refractivity contribution in [2.24, 2.45) is 0 Å². The van der Waals surface area contributed by atoms with Gasteiger partial charge in [-0.3, -0.25) is 0 Å². The molecule has 72 valence electrons. The lowest BCUT2D eigenvalue weighted by molar-refractivity contribution is 0.324. The largest absolute Gasteiger partial charge is 0.160 e. The Kier molecular flexibility index (Phi) is 2.75. The van der Waals surface area contributed by atoms with E-state index >= 15 is 0 Å². The highest BCUT2D eigenvalue weighted by Crippen LogP contribution is 2.52. The van der Waals surface area contributed by atoms with Gasteiger partial charge in [-0.1, -0.05) is 0 Å². The highest BCUT2D eigenvalue weighted by atomic mass is 32.3. The number of rotatable bonds is 0. The quantitative estimate of drug-likeness (QED) is 0.561. The van der Waals surface area contributed by atoms with E-state index in [1.165, 1.54) is 0 Å². The zero-order chi connectivity index (χ0) is 9.57. The van der Waals surface area contributed by atoms with Crippen molar-refractivity contribution in [2.75, 3.05) is 0 Å². The summed E-state index contributed by atoms with van der Waals surface area (Å²) in [4.78, 5) is 0. The second-order valence-corrected chi connectivity index (χ2v) is 7.27. The smallest absolute Gasteiger partial charge is 0.0366 e. The molecule has 1 heterocycles. The molecule has 0 aromatic carbocycles. The van der Waals surface area contributed by atoms with E-state index < -0.39 is 0 Å². The fourth-order valence-corrected chi connectivity index (χ4v) is 2.49. The third-order valence-corrected chi connectivity index (χ3v) is 4.98. The topological polar surface area (TPSA) is 6.48 Å². The second kappa shape index (κ2) is 3.08. The molecular weight excluding hydrogens is 188 g/mol. The fourth-order valence-electron chi connectivity index (χ4n) is 0.631. The maximum Gasteiger partial charge on any atom is 0.0366 e. The van der Waals surface area contributed by atoms with E-state index in [0.717, 1.165) is 0 Å². The SMILES string of the molecule is CC(C)(C)N1SN(C(C)(C)C)S1. The van der Waals surface area contributed by atoms with Crippen molar-refractivity contribution < 1.29 is 0 Å². The van der Waals surface area contributed by atoms with Gasteiger partial charge in [-0.15, -0.1) is 0 Å². The molecule has 2 nitrogen and oxygen atoms in total. The Labute approximate surface area is 84.6 Å². The normalized spacial score (nSPS) is 22.5. The van der Waals surface area contributed by atoms with E-state index in [0.29, 0.717) is 0 Å². The number of hydrogen-bond acceptors (Lipinski definition) is 4. The molecule has 1 aliphatic rings. The van der Waals surface area contributed by atoms with Gasteiger partial charge < -0.3 is 0 Å². The van der Waals surface area contributed by atoms with Crippen LogP contribution in [0.1, 0.15) is 41.5 Å². The third-order valence-electron chi connectivity index (χ3n) is 1.39. The van der Waals surface area contributed by atoms with Crippen LogP contribution in [0.3, 0.4) is 0 Å². The van der Waals surface area contributed by atoms with Gasteiger partial charge in [0, 0.05) is 35.3 Å². The molecule has 0 aromatic heterocycles. The minimum atomic E-state index is 0.261. The first-order chi connectivity index (χ1) is 5.21. The monoisotopic (exact) mass is 206 g/mol. The zero-order valence-corrected chi connectivity index (χ0v) is 10.3. The van der Waals surface area contributed by atoms with Gasteiger partial charge in [-0.05, 0) is 41.5 Å². The lowest BCUT2D eigenvalue weighted by Gasteiger charge is -2.50. The van der Waals surface area contributed by atoms with E-state index in [-0.39, 0.29) is 11.1 Å². The minimum absolute atomic E-state index is 0.261. The summed E-state index contributed by atoms with van der Waals surface area (Å²) in [5.74, 6) is 0. The van der Waals surface area contributed by atoms with E-state index in [4.69, 9.17) is 0 Å². The molecule has 0 unspecified atom stereocenters. The molecule has 0 saturated carbocycles. The first-order valence-electron chi connectivity index (χ1n) is 4.18. The van der Waals surface area contributed by atoms with Crippen LogP contribution in [0.5, 0.6) is 0 Å². The molecule has 12 heavy (non-hydrogen) atoms. The Morgan fingerprint density at radius 3 is 1.08 bits per heavy atom. The maximum atomic E-state index is 2.32. The van der Waals surface area contributed by atoms with Gasteiger partial charge in [0.2, 0.25) is 0 Å². The maximum absolute atomic E-state index is 2.32. The van der Waals surface area contributed by atoms with Gasteiger partial charge in [0.15, 0.2) is 0 Å². The van der Waals surface area contributed by atoms with Gasteiger partial charge in [-0.2, -0.15) is 7.42 Å². The molecule has 1 saturated heterocycles. The summed E-state index contributed by atoms with van der Waals surface area (Å²) in [6.07, 6.45) is 0. The molecule has 1 fully saturated rings. The fraction of sp³-hybridized carbons (Fsp3) is 1.00. The lowest BCUT2D eigenvalue weighted by atomic mass is 10.1. The molecule has 0 atom stereocenters. The van der Waals surface area contributed by atoms with E-state index in [1.807, 2.05) is 24.3 Å². The van der Waals surface area contributed by atoms with Gasteiger partial charge in [0.1, 0.15) is 0 Å². The highest BCUT2D eigenvalue weighted by molar-refractivity contribution is 8.24. The van der Waals surface area contributed by atoms with Crippen LogP contribution < -0.4 is 0 Å². The van der Waals surface area contributed by atoms with Crippen LogP contribution in [-0.2, 0) is 0 Å².